The Morgan fingerprint density at radius 2 is 2.11 bits per heavy atom. The van der Waals surface area contributed by atoms with Gasteiger partial charge in [-0.15, -0.1) is 0 Å². The first-order valence-electron chi connectivity index (χ1n) is 5.54. The van der Waals surface area contributed by atoms with E-state index < -0.39 is 11.7 Å². The molecule has 5 nitrogen and oxygen atoms in total. The van der Waals surface area contributed by atoms with Crippen LogP contribution in [0.4, 0.5) is 5.69 Å². The van der Waals surface area contributed by atoms with Gasteiger partial charge in [0.1, 0.15) is 5.75 Å². The Labute approximate surface area is 109 Å². The fourth-order valence-electron chi connectivity index (χ4n) is 1.92. The molecule has 0 saturated heterocycles. The highest BCUT2D eigenvalue weighted by atomic mass is 35.5. The second-order valence-electron chi connectivity index (χ2n) is 3.93. The Kier molecular flexibility index (Phi) is 3.54. The van der Waals surface area contributed by atoms with Gasteiger partial charge in [0.2, 0.25) is 0 Å². The Morgan fingerprint density at radius 3 is 2.72 bits per heavy atom. The zero-order chi connectivity index (χ0) is 13.3. The fourth-order valence-corrected chi connectivity index (χ4v) is 2.16. The Hall–Kier alpha value is -1.59. The molecule has 1 heterocycles. The van der Waals surface area contributed by atoms with E-state index in [4.69, 9.17) is 22.1 Å². The van der Waals surface area contributed by atoms with Crippen molar-refractivity contribution in [3.8, 4) is 5.75 Å². The van der Waals surface area contributed by atoms with Crippen molar-refractivity contribution in [2.75, 3.05) is 25.1 Å². The van der Waals surface area contributed by atoms with Crippen molar-refractivity contribution >= 4 is 29.0 Å². The number of nitrogens with two attached hydrogens (primary N) is 1. The summed E-state index contributed by atoms with van der Waals surface area (Å²) in [5.41, 5.74) is 6.28. The number of carbonyl (C=O) groups is 2. The van der Waals surface area contributed by atoms with Crippen LogP contribution in [-0.4, -0.2) is 31.9 Å². The van der Waals surface area contributed by atoms with Gasteiger partial charge in [-0.1, -0.05) is 11.6 Å². The van der Waals surface area contributed by atoms with Gasteiger partial charge in [-0.05, 0) is 25.1 Å². The number of fused-ring (bicyclic) bond motifs is 1. The highest BCUT2D eigenvalue weighted by molar-refractivity contribution is 6.52. The lowest BCUT2D eigenvalue weighted by atomic mass is 10.1. The third kappa shape index (κ3) is 1.95. The molecule has 0 aromatic heterocycles. The molecule has 0 unspecified atom stereocenters. The van der Waals surface area contributed by atoms with E-state index in [0.717, 1.165) is 0 Å². The topological polar surface area (TPSA) is 72.6 Å². The number of amides is 1. The third-order valence-electron chi connectivity index (χ3n) is 2.83. The number of ketones is 1. The molecule has 6 heteroatoms. The fraction of sp³-hybridized carbons (Fsp3) is 0.333. The number of hydrogen-bond donors (Lipinski definition) is 1. The molecule has 0 radical (unpaired) electrons. The highest BCUT2D eigenvalue weighted by Gasteiger charge is 2.36. The molecule has 18 heavy (non-hydrogen) atoms. The predicted molar refractivity (Wildman–Crippen MR) is 68.4 cm³/mol. The van der Waals surface area contributed by atoms with E-state index in [2.05, 4.69) is 0 Å². The molecule has 0 atom stereocenters. The van der Waals surface area contributed by atoms with Crippen LogP contribution in [0.15, 0.2) is 12.1 Å². The minimum Gasteiger partial charge on any atom is -0.495 e. The van der Waals surface area contributed by atoms with Gasteiger partial charge in [-0.3, -0.25) is 9.59 Å². The molecule has 1 aliphatic heterocycles. The molecule has 1 aromatic rings. The minimum atomic E-state index is -0.539. The lowest BCUT2D eigenvalue weighted by Gasteiger charge is -2.16. The maximum Gasteiger partial charge on any atom is 0.299 e. The van der Waals surface area contributed by atoms with E-state index >= 15 is 0 Å². The Balaban J connectivity index is 2.45. The highest BCUT2D eigenvalue weighted by Crippen LogP contribution is 2.37. The van der Waals surface area contributed by atoms with Gasteiger partial charge in [0.05, 0.1) is 23.4 Å². The van der Waals surface area contributed by atoms with E-state index in [0.29, 0.717) is 41.5 Å². The summed E-state index contributed by atoms with van der Waals surface area (Å²) in [7, 11) is 1.46. The van der Waals surface area contributed by atoms with Crippen LogP contribution < -0.4 is 15.4 Å². The molecular formula is C12H13ClN2O3. The van der Waals surface area contributed by atoms with Gasteiger partial charge in [-0.25, -0.2) is 0 Å². The average Bonchev–Trinajstić information content (AvgIpc) is 2.59. The predicted octanol–water partition coefficient (Wildman–Crippen LogP) is 1.23. The zero-order valence-corrected chi connectivity index (χ0v) is 10.7. The first-order valence-corrected chi connectivity index (χ1v) is 5.91. The summed E-state index contributed by atoms with van der Waals surface area (Å²) in [5, 5.41) is 0.372. The molecule has 96 valence electrons. The number of methoxy groups -OCH3 is 1. The number of benzene rings is 1. The second-order valence-corrected chi connectivity index (χ2v) is 4.34. The van der Waals surface area contributed by atoms with E-state index in [1.54, 1.807) is 6.07 Å². The van der Waals surface area contributed by atoms with Crippen molar-refractivity contribution in [1.29, 1.82) is 0 Å². The molecule has 0 saturated carbocycles. The van der Waals surface area contributed by atoms with Crippen molar-refractivity contribution < 1.29 is 14.3 Å². The van der Waals surface area contributed by atoms with E-state index in [1.807, 2.05) is 0 Å². The average molecular weight is 269 g/mol. The van der Waals surface area contributed by atoms with Crippen molar-refractivity contribution in [1.82, 2.24) is 0 Å². The quantitative estimate of drug-likeness (QED) is 0.834. The summed E-state index contributed by atoms with van der Waals surface area (Å²) < 4.78 is 5.04. The molecule has 0 spiro atoms. The number of rotatable bonds is 4. The summed E-state index contributed by atoms with van der Waals surface area (Å²) in [6.07, 6.45) is 0.627. The smallest absolute Gasteiger partial charge is 0.299 e. The Morgan fingerprint density at radius 1 is 1.39 bits per heavy atom. The molecule has 1 amide bonds. The summed E-state index contributed by atoms with van der Waals surface area (Å²) in [5.74, 6) is -0.683. The number of ether oxygens (including phenoxy) is 1. The number of anilines is 1. The van der Waals surface area contributed by atoms with Gasteiger partial charge < -0.3 is 15.4 Å². The molecule has 0 aliphatic carbocycles. The third-order valence-corrected chi connectivity index (χ3v) is 3.13. The molecule has 0 fully saturated rings. The minimum absolute atomic E-state index is 0.332. The van der Waals surface area contributed by atoms with Crippen LogP contribution in [0.25, 0.3) is 0 Å². The van der Waals surface area contributed by atoms with Crippen molar-refractivity contribution in [2.45, 2.75) is 6.42 Å². The van der Waals surface area contributed by atoms with Gasteiger partial charge in [0.25, 0.3) is 11.7 Å². The van der Waals surface area contributed by atoms with E-state index in [-0.39, 0.29) is 0 Å². The lowest BCUT2D eigenvalue weighted by molar-refractivity contribution is -0.114. The lowest BCUT2D eigenvalue weighted by Crippen LogP contribution is -2.31. The summed E-state index contributed by atoms with van der Waals surface area (Å²) in [6, 6.07) is 3.08. The van der Waals surface area contributed by atoms with Crippen LogP contribution in [0.1, 0.15) is 16.8 Å². The molecule has 1 aliphatic rings. The maximum absolute atomic E-state index is 11.8. The number of carbonyl (C=O) groups excluding carboxylic acids is 2. The SMILES string of the molecule is COc1cc2c(cc1Cl)N(CCCN)C(=O)C2=O. The number of halogens is 1. The first-order chi connectivity index (χ1) is 8.60. The zero-order valence-electron chi connectivity index (χ0n) is 9.90. The summed E-state index contributed by atoms with van der Waals surface area (Å²) in [6.45, 7) is 0.869. The standard InChI is InChI=1S/C12H13ClN2O3/c1-18-10-5-7-9(6-8(10)13)15(4-2-3-14)12(17)11(7)16/h5-6H,2-4,14H2,1H3. The van der Waals surface area contributed by atoms with Gasteiger partial charge >= 0.3 is 0 Å². The largest absolute Gasteiger partial charge is 0.495 e. The van der Waals surface area contributed by atoms with E-state index in [1.165, 1.54) is 18.1 Å². The van der Waals surface area contributed by atoms with Crippen LogP contribution in [0.3, 0.4) is 0 Å². The number of hydrogen-bond acceptors (Lipinski definition) is 4. The second kappa shape index (κ2) is 4.96. The normalized spacial score (nSPS) is 14.1. The molecule has 2 rings (SSSR count). The Bertz CT molecular complexity index is 516. The molecule has 0 bridgehead atoms. The maximum atomic E-state index is 11.8. The van der Waals surface area contributed by atoms with Crippen molar-refractivity contribution in [3.05, 3.63) is 22.7 Å². The summed E-state index contributed by atoms with van der Waals surface area (Å²) in [4.78, 5) is 25.1. The van der Waals surface area contributed by atoms with Crippen LogP contribution in [-0.2, 0) is 4.79 Å². The molecule has 2 N–H and O–H groups in total. The summed E-state index contributed by atoms with van der Waals surface area (Å²) >= 11 is 6.00. The number of nitrogens with zero attached hydrogens (tertiary/aromatic N) is 1. The van der Waals surface area contributed by atoms with Crippen LogP contribution in [0, 0.1) is 0 Å². The van der Waals surface area contributed by atoms with Crippen LogP contribution >= 0.6 is 11.6 Å². The van der Waals surface area contributed by atoms with Crippen LogP contribution in [0.2, 0.25) is 5.02 Å². The molecular weight excluding hydrogens is 256 g/mol. The van der Waals surface area contributed by atoms with Crippen LogP contribution in [0.5, 0.6) is 5.75 Å². The van der Waals surface area contributed by atoms with E-state index in [9.17, 15) is 9.59 Å². The first kappa shape index (κ1) is 12.9. The number of Topliss-reactive ketones (excluding diaryl/α,β-unsaturated/α-hetero) is 1. The van der Waals surface area contributed by atoms with Crippen molar-refractivity contribution in [2.24, 2.45) is 5.73 Å². The van der Waals surface area contributed by atoms with Crippen molar-refractivity contribution in [3.63, 3.8) is 0 Å². The molecule has 1 aromatic carbocycles. The van der Waals surface area contributed by atoms with Gasteiger partial charge in [0.15, 0.2) is 0 Å². The monoisotopic (exact) mass is 268 g/mol. The van der Waals surface area contributed by atoms with Gasteiger partial charge in [-0.2, -0.15) is 0 Å². The van der Waals surface area contributed by atoms with Gasteiger partial charge in [0, 0.05) is 6.54 Å².